The number of hydrogen-bond acceptors (Lipinski definition) is 5. The number of rotatable bonds is 2. The second-order valence-corrected chi connectivity index (χ2v) is 6.00. The van der Waals surface area contributed by atoms with Gasteiger partial charge in [0.25, 0.3) is 11.5 Å². The zero-order chi connectivity index (χ0) is 16.7. The van der Waals surface area contributed by atoms with Gasteiger partial charge in [0.2, 0.25) is 5.95 Å². The third-order valence-corrected chi connectivity index (χ3v) is 4.30. The van der Waals surface area contributed by atoms with Crippen molar-refractivity contribution in [2.75, 3.05) is 5.32 Å². The van der Waals surface area contributed by atoms with E-state index in [1.165, 1.54) is 17.0 Å². The molecule has 0 saturated heterocycles. The van der Waals surface area contributed by atoms with Crippen LogP contribution in [0.15, 0.2) is 17.2 Å². The van der Waals surface area contributed by atoms with Crippen LogP contribution in [-0.2, 0) is 13.5 Å². The Morgan fingerprint density at radius 2 is 2.09 bits per heavy atom. The SMILES string of the molecule is C[C@@H]1CCc2c1c(O)c(C(=O)Nc1ncc(Cl)cn1)c(=O)n2C. The number of hydrogen-bond donors (Lipinski definition) is 2. The van der Waals surface area contributed by atoms with Gasteiger partial charge in [0.1, 0.15) is 11.3 Å². The molecule has 0 unspecified atom stereocenters. The van der Waals surface area contributed by atoms with E-state index in [1.54, 1.807) is 7.05 Å². The Morgan fingerprint density at radius 1 is 1.43 bits per heavy atom. The lowest BCUT2D eigenvalue weighted by atomic mass is 10.0. The highest BCUT2D eigenvalue weighted by Gasteiger charge is 2.31. The van der Waals surface area contributed by atoms with Gasteiger partial charge in [0.05, 0.1) is 17.4 Å². The van der Waals surface area contributed by atoms with Gasteiger partial charge < -0.3 is 9.67 Å². The molecule has 0 aliphatic heterocycles. The van der Waals surface area contributed by atoms with Crippen LogP contribution in [0.3, 0.4) is 0 Å². The first-order valence-electron chi connectivity index (χ1n) is 7.13. The molecule has 0 radical (unpaired) electrons. The number of nitrogens with one attached hydrogen (secondary N) is 1. The number of aromatic nitrogens is 3. The van der Waals surface area contributed by atoms with Gasteiger partial charge in [-0.1, -0.05) is 18.5 Å². The molecule has 0 saturated carbocycles. The van der Waals surface area contributed by atoms with E-state index in [-0.39, 0.29) is 23.2 Å². The van der Waals surface area contributed by atoms with Crippen LogP contribution in [0.2, 0.25) is 5.02 Å². The summed E-state index contributed by atoms with van der Waals surface area (Å²) in [6, 6.07) is 0. The fraction of sp³-hybridized carbons (Fsp3) is 0.333. The molecule has 0 spiro atoms. The smallest absolute Gasteiger partial charge is 0.267 e. The Labute approximate surface area is 137 Å². The number of halogens is 1. The van der Waals surface area contributed by atoms with Crippen molar-refractivity contribution in [2.45, 2.75) is 25.7 Å². The zero-order valence-electron chi connectivity index (χ0n) is 12.6. The van der Waals surface area contributed by atoms with Gasteiger partial charge in [0, 0.05) is 18.3 Å². The number of carbonyl (C=O) groups is 1. The molecule has 7 nitrogen and oxygen atoms in total. The van der Waals surface area contributed by atoms with Crippen LogP contribution in [0.1, 0.15) is 40.9 Å². The fourth-order valence-corrected chi connectivity index (χ4v) is 3.00. The van der Waals surface area contributed by atoms with E-state index < -0.39 is 11.5 Å². The van der Waals surface area contributed by atoms with Crippen molar-refractivity contribution < 1.29 is 9.90 Å². The average Bonchev–Trinajstić information content (AvgIpc) is 2.90. The van der Waals surface area contributed by atoms with Crippen molar-refractivity contribution >= 4 is 23.5 Å². The van der Waals surface area contributed by atoms with Gasteiger partial charge in [0.15, 0.2) is 0 Å². The first kappa shape index (κ1) is 15.5. The van der Waals surface area contributed by atoms with Crippen LogP contribution in [0.5, 0.6) is 5.75 Å². The molecule has 2 heterocycles. The molecule has 2 N–H and O–H groups in total. The first-order chi connectivity index (χ1) is 10.9. The summed E-state index contributed by atoms with van der Waals surface area (Å²) in [7, 11) is 1.61. The minimum Gasteiger partial charge on any atom is -0.507 e. The van der Waals surface area contributed by atoms with Crippen LogP contribution >= 0.6 is 11.6 Å². The molecule has 2 aromatic heterocycles. The molecular weight excluding hydrogens is 320 g/mol. The van der Waals surface area contributed by atoms with Gasteiger partial charge in [-0.2, -0.15) is 0 Å². The average molecular weight is 335 g/mol. The Morgan fingerprint density at radius 3 is 2.74 bits per heavy atom. The summed E-state index contributed by atoms with van der Waals surface area (Å²) in [5, 5.41) is 13.2. The maximum atomic E-state index is 12.4. The van der Waals surface area contributed by atoms with Crippen molar-refractivity contribution in [3.05, 3.63) is 44.6 Å². The molecule has 1 amide bonds. The standard InChI is InChI=1S/C15H15ClN4O3/c1-7-3-4-9-10(7)12(21)11(14(23)20(9)2)13(22)19-15-17-5-8(16)6-18-15/h5-7,21H,3-4H2,1-2H3,(H,17,18,19,22)/t7-/m1/s1. The minimum absolute atomic E-state index is 0.00870. The molecule has 1 aliphatic rings. The van der Waals surface area contributed by atoms with Crippen molar-refractivity contribution in [1.29, 1.82) is 0 Å². The van der Waals surface area contributed by atoms with Crippen molar-refractivity contribution in [2.24, 2.45) is 7.05 Å². The number of anilines is 1. The highest BCUT2D eigenvalue weighted by Crippen LogP contribution is 2.39. The minimum atomic E-state index is -0.743. The molecule has 8 heteroatoms. The van der Waals surface area contributed by atoms with E-state index in [0.717, 1.165) is 12.1 Å². The zero-order valence-corrected chi connectivity index (χ0v) is 13.4. The Hall–Kier alpha value is -2.41. The molecular formula is C15H15ClN4O3. The van der Waals surface area contributed by atoms with E-state index in [1.807, 2.05) is 6.92 Å². The van der Waals surface area contributed by atoms with Gasteiger partial charge in [-0.05, 0) is 18.8 Å². The molecule has 2 aromatic rings. The highest BCUT2D eigenvalue weighted by atomic mass is 35.5. The van der Waals surface area contributed by atoms with Crippen molar-refractivity contribution in [3.63, 3.8) is 0 Å². The number of fused-ring (bicyclic) bond motifs is 1. The lowest BCUT2D eigenvalue weighted by molar-refractivity contribution is 0.102. The normalized spacial score (nSPS) is 16.2. The third kappa shape index (κ3) is 2.57. The van der Waals surface area contributed by atoms with Gasteiger partial charge >= 0.3 is 0 Å². The monoisotopic (exact) mass is 334 g/mol. The van der Waals surface area contributed by atoms with Crippen LogP contribution in [0.4, 0.5) is 5.95 Å². The Kier molecular flexibility index (Phi) is 3.81. The quantitative estimate of drug-likeness (QED) is 0.873. The van der Waals surface area contributed by atoms with Crippen LogP contribution in [0, 0.1) is 0 Å². The van der Waals surface area contributed by atoms with Crippen LogP contribution in [0.25, 0.3) is 0 Å². The topological polar surface area (TPSA) is 97.1 Å². The number of pyridine rings is 1. The lowest BCUT2D eigenvalue weighted by Gasteiger charge is -2.14. The third-order valence-electron chi connectivity index (χ3n) is 4.11. The molecule has 1 aliphatic carbocycles. The number of amides is 1. The molecule has 0 aromatic carbocycles. The molecule has 120 valence electrons. The molecule has 3 rings (SSSR count). The van der Waals surface area contributed by atoms with E-state index >= 15 is 0 Å². The summed E-state index contributed by atoms with van der Waals surface area (Å²) in [6.45, 7) is 1.96. The summed E-state index contributed by atoms with van der Waals surface area (Å²) in [4.78, 5) is 32.5. The summed E-state index contributed by atoms with van der Waals surface area (Å²) < 4.78 is 1.43. The predicted octanol–water partition coefficient (Wildman–Crippen LogP) is 1.84. The Balaban J connectivity index is 2.04. The van der Waals surface area contributed by atoms with E-state index in [0.29, 0.717) is 17.0 Å². The number of carbonyl (C=O) groups excluding carboxylic acids is 1. The second kappa shape index (κ2) is 5.66. The molecule has 0 fully saturated rings. The van der Waals surface area contributed by atoms with Crippen LogP contribution in [-0.4, -0.2) is 25.5 Å². The predicted molar refractivity (Wildman–Crippen MR) is 85.1 cm³/mol. The number of aromatic hydroxyl groups is 1. The maximum Gasteiger partial charge on any atom is 0.267 e. The summed E-state index contributed by atoms with van der Waals surface area (Å²) >= 11 is 5.69. The van der Waals surface area contributed by atoms with Crippen molar-refractivity contribution in [3.8, 4) is 5.75 Å². The Bertz CT molecular complexity index is 845. The lowest BCUT2D eigenvalue weighted by Crippen LogP contribution is -2.30. The highest BCUT2D eigenvalue weighted by molar-refractivity contribution is 6.30. The van der Waals surface area contributed by atoms with Crippen LogP contribution < -0.4 is 10.9 Å². The van der Waals surface area contributed by atoms with E-state index in [4.69, 9.17) is 11.6 Å². The maximum absolute atomic E-state index is 12.4. The number of nitrogens with zero attached hydrogens (tertiary/aromatic N) is 3. The summed E-state index contributed by atoms with van der Waals surface area (Å²) in [5.74, 6) is -0.892. The molecule has 0 bridgehead atoms. The van der Waals surface area contributed by atoms with E-state index in [9.17, 15) is 14.7 Å². The molecule has 1 atom stereocenters. The van der Waals surface area contributed by atoms with Crippen molar-refractivity contribution in [1.82, 2.24) is 14.5 Å². The second-order valence-electron chi connectivity index (χ2n) is 5.57. The summed E-state index contributed by atoms with van der Waals surface area (Å²) in [6.07, 6.45) is 4.19. The summed E-state index contributed by atoms with van der Waals surface area (Å²) in [5.41, 5.74) is 0.605. The van der Waals surface area contributed by atoms with Gasteiger partial charge in [-0.3, -0.25) is 14.9 Å². The van der Waals surface area contributed by atoms with Gasteiger partial charge in [-0.25, -0.2) is 9.97 Å². The first-order valence-corrected chi connectivity index (χ1v) is 7.51. The van der Waals surface area contributed by atoms with Gasteiger partial charge in [-0.15, -0.1) is 0 Å². The molecule has 23 heavy (non-hydrogen) atoms. The fourth-order valence-electron chi connectivity index (χ4n) is 2.91. The van der Waals surface area contributed by atoms with E-state index in [2.05, 4.69) is 15.3 Å². The largest absolute Gasteiger partial charge is 0.507 e.